The monoisotopic (exact) mass is 522 g/mol. The molecule has 3 amide bonds. The first-order chi connectivity index (χ1) is 17.7. The maximum absolute atomic E-state index is 13.2. The van der Waals surface area contributed by atoms with Crippen molar-refractivity contribution in [2.75, 3.05) is 44.4 Å². The van der Waals surface area contributed by atoms with Gasteiger partial charge in [-0.15, -0.1) is 11.3 Å². The number of carbonyl (C=O) groups is 3. The molecular weight excluding hydrogens is 488 g/mol. The van der Waals surface area contributed by atoms with Crippen LogP contribution in [0, 0.1) is 6.92 Å². The van der Waals surface area contributed by atoms with Crippen LogP contribution in [0.4, 0.5) is 11.6 Å². The molecule has 0 radical (unpaired) electrons. The number of carbonyl (C=O) groups excluding carboxylic acids is 3. The van der Waals surface area contributed by atoms with Crippen LogP contribution in [0.25, 0.3) is 11.0 Å². The molecule has 1 atom stereocenters. The Morgan fingerprint density at radius 3 is 2.78 bits per heavy atom. The molecule has 4 rings (SSSR count). The zero-order valence-electron chi connectivity index (χ0n) is 21.8. The quantitative estimate of drug-likeness (QED) is 0.451. The molecule has 0 aliphatic carbocycles. The van der Waals surface area contributed by atoms with E-state index in [0.29, 0.717) is 29.6 Å². The van der Waals surface area contributed by atoms with Gasteiger partial charge in [-0.05, 0) is 58.0 Å². The molecule has 0 bridgehead atoms. The number of fused-ring (bicyclic) bond motifs is 1. The molecule has 9 nitrogen and oxygen atoms in total. The van der Waals surface area contributed by atoms with Crippen LogP contribution >= 0.6 is 11.3 Å². The number of hydrogen-bond donors (Lipinski definition) is 2. The first-order valence-electron chi connectivity index (χ1n) is 12.5. The number of nitrogens with zero attached hydrogens (tertiary/aromatic N) is 4. The molecule has 0 spiro atoms. The molecular formula is C27H34N6O3S. The van der Waals surface area contributed by atoms with Gasteiger partial charge in [-0.25, -0.2) is 4.98 Å². The summed E-state index contributed by atoms with van der Waals surface area (Å²) in [5, 5.41) is 7.55. The van der Waals surface area contributed by atoms with Crippen molar-refractivity contribution >= 4 is 51.7 Å². The third kappa shape index (κ3) is 6.44. The molecule has 10 heteroatoms. The van der Waals surface area contributed by atoms with Gasteiger partial charge in [0.15, 0.2) is 0 Å². The van der Waals surface area contributed by atoms with Gasteiger partial charge in [-0.2, -0.15) is 0 Å². The standard InChI is InChI=1S/C27H34N6O3S/c1-18-9-7-11-22-25(18)33(21-10-5-6-14-32(16-21)19(2)34)27(29-22)30-26(36)23-15-20(17-37-23)28-24(35)12-8-13-31(3)4/h7-9,11-12,15,17,21H,5-6,10,13-14,16H2,1-4H3,(H,28,35)(H,29,30,36)/b12-8+/t21-/m1/s1. The van der Waals surface area contributed by atoms with E-state index in [2.05, 4.69) is 15.2 Å². The number of rotatable bonds is 7. The van der Waals surface area contributed by atoms with E-state index < -0.39 is 0 Å². The molecule has 0 unspecified atom stereocenters. The van der Waals surface area contributed by atoms with Gasteiger partial charge in [0, 0.05) is 38.0 Å². The fourth-order valence-corrected chi connectivity index (χ4v) is 5.35. The van der Waals surface area contributed by atoms with E-state index in [4.69, 9.17) is 4.98 Å². The summed E-state index contributed by atoms with van der Waals surface area (Å²) in [4.78, 5) is 46.7. The van der Waals surface area contributed by atoms with E-state index in [1.165, 1.54) is 17.4 Å². The minimum Gasteiger partial charge on any atom is -0.341 e. The van der Waals surface area contributed by atoms with Gasteiger partial charge in [0.25, 0.3) is 5.91 Å². The van der Waals surface area contributed by atoms with E-state index in [1.807, 2.05) is 49.0 Å². The van der Waals surface area contributed by atoms with E-state index in [0.717, 1.165) is 42.4 Å². The Bertz CT molecular complexity index is 1320. The Balaban J connectivity index is 1.57. The van der Waals surface area contributed by atoms with E-state index in [1.54, 1.807) is 24.4 Å². The van der Waals surface area contributed by atoms with Gasteiger partial charge in [0.05, 0.1) is 27.6 Å². The molecule has 37 heavy (non-hydrogen) atoms. The van der Waals surface area contributed by atoms with Crippen LogP contribution in [0.3, 0.4) is 0 Å². The number of amides is 3. The number of para-hydroxylation sites is 1. The second-order valence-electron chi connectivity index (χ2n) is 9.67. The third-order valence-electron chi connectivity index (χ3n) is 6.42. The van der Waals surface area contributed by atoms with E-state index >= 15 is 0 Å². The average molecular weight is 523 g/mol. The van der Waals surface area contributed by atoms with E-state index in [-0.39, 0.29) is 23.8 Å². The number of anilines is 2. The lowest BCUT2D eigenvalue weighted by Crippen LogP contribution is -2.34. The minimum absolute atomic E-state index is 0.0000577. The number of likely N-dealkylation sites (N-methyl/N-ethyl adjacent to an activating group) is 1. The van der Waals surface area contributed by atoms with Crippen LogP contribution in [-0.4, -0.2) is 70.8 Å². The topological polar surface area (TPSA) is 99.6 Å². The van der Waals surface area contributed by atoms with Crippen LogP contribution < -0.4 is 10.6 Å². The SMILES string of the molecule is CC(=O)N1CCCC[C@@H](n2c(NC(=O)c3cc(NC(=O)/C=C/CN(C)C)cs3)nc3cccc(C)c32)C1. The predicted molar refractivity (Wildman–Crippen MR) is 148 cm³/mol. The van der Waals surface area contributed by atoms with Gasteiger partial charge < -0.3 is 19.7 Å². The zero-order valence-corrected chi connectivity index (χ0v) is 22.6. The first kappa shape index (κ1) is 26.6. The summed E-state index contributed by atoms with van der Waals surface area (Å²) < 4.78 is 2.09. The number of likely N-dealkylation sites (tertiary alicyclic amines) is 1. The summed E-state index contributed by atoms with van der Waals surface area (Å²) >= 11 is 1.26. The zero-order chi connectivity index (χ0) is 26.5. The normalized spacial score (nSPS) is 16.4. The molecule has 1 fully saturated rings. The molecule has 1 saturated heterocycles. The van der Waals surface area contributed by atoms with Crippen LogP contribution in [0.1, 0.15) is 47.5 Å². The fraction of sp³-hybridized carbons (Fsp3) is 0.407. The highest BCUT2D eigenvalue weighted by Crippen LogP contribution is 2.32. The van der Waals surface area contributed by atoms with Crippen LogP contribution in [-0.2, 0) is 9.59 Å². The average Bonchev–Trinajstić information content (AvgIpc) is 3.36. The number of benzene rings is 1. The lowest BCUT2D eigenvalue weighted by atomic mass is 10.1. The van der Waals surface area contributed by atoms with Crippen molar-refractivity contribution in [3.8, 4) is 0 Å². The summed E-state index contributed by atoms with van der Waals surface area (Å²) in [6.45, 7) is 5.62. The Morgan fingerprint density at radius 1 is 1.22 bits per heavy atom. The predicted octanol–water partition coefficient (Wildman–Crippen LogP) is 4.29. The number of nitrogens with one attached hydrogen (secondary N) is 2. The van der Waals surface area contributed by atoms with Gasteiger partial charge in [0.2, 0.25) is 17.8 Å². The first-order valence-corrected chi connectivity index (χ1v) is 13.4. The Hall–Kier alpha value is -3.50. The van der Waals surface area contributed by atoms with Gasteiger partial charge in [0.1, 0.15) is 0 Å². The Labute approximate surface area is 221 Å². The Kier molecular flexibility index (Phi) is 8.40. The van der Waals surface area contributed by atoms with Crippen LogP contribution in [0.5, 0.6) is 0 Å². The molecule has 2 aromatic heterocycles. The summed E-state index contributed by atoms with van der Waals surface area (Å²) in [6, 6.07) is 7.60. The third-order valence-corrected chi connectivity index (χ3v) is 7.35. The molecule has 3 heterocycles. The summed E-state index contributed by atoms with van der Waals surface area (Å²) in [7, 11) is 3.85. The van der Waals surface area contributed by atoms with E-state index in [9.17, 15) is 14.4 Å². The van der Waals surface area contributed by atoms with Crippen molar-refractivity contribution in [2.24, 2.45) is 0 Å². The second-order valence-corrected chi connectivity index (χ2v) is 10.6. The maximum Gasteiger partial charge on any atom is 0.268 e. The highest BCUT2D eigenvalue weighted by Gasteiger charge is 2.27. The van der Waals surface area contributed by atoms with Crippen molar-refractivity contribution in [1.82, 2.24) is 19.4 Å². The summed E-state index contributed by atoms with van der Waals surface area (Å²) in [6.07, 6.45) is 6.10. The number of hydrogen-bond acceptors (Lipinski definition) is 6. The van der Waals surface area contributed by atoms with Gasteiger partial charge in [-0.1, -0.05) is 18.2 Å². The fourth-order valence-electron chi connectivity index (χ4n) is 4.62. The maximum atomic E-state index is 13.2. The molecule has 1 aliphatic heterocycles. The smallest absolute Gasteiger partial charge is 0.268 e. The van der Waals surface area contributed by atoms with Crippen molar-refractivity contribution in [3.63, 3.8) is 0 Å². The molecule has 1 aliphatic rings. The number of imidazole rings is 1. The summed E-state index contributed by atoms with van der Waals surface area (Å²) in [5.41, 5.74) is 3.40. The molecule has 2 N–H and O–H groups in total. The van der Waals surface area contributed by atoms with Gasteiger partial charge in [-0.3, -0.25) is 19.7 Å². The van der Waals surface area contributed by atoms with Crippen LogP contribution in [0.2, 0.25) is 0 Å². The van der Waals surface area contributed by atoms with Crippen molar-refractivity contribution in [1.29, 1.82) is 0 Å². The van der Waals surface area contributed by atoms with Gasteiger partial charge >= 0.3 is 0 Å². The second kappa shape index (κ2) is 11.7. The summed E-state index contributed by atoms with van der Waals surface area (Å²) in [5.74, 6) is -0.00850. The highest BCUT2D eigenvalue weighted by molar-refractivity contribution is 7.12. The lowest BCUT2D eigenvalue weighted by Gasteiger charge is -2.26. The molecule has 0 saturated carbocycles. The minimum atomic E-state index is -0.292. The molecule has 1 aromatic carbocycles. The number of thiophene rings is 1. The number of aromatic nitrogens is 2. The number of aryl methyl sites for hydroxylation is 1. The Morgan fingerprint density at radius 2 is 2.03 bits per heavy atom. The van der Waals surface area contributed by atoms with Crippen molar-refractivity contribution in [2.45, 2.75) is 39.2 Å². The van der Waals surface area contributed by atoms with Crippen molar-refractivity contribution in [3.05, 3.63) is 52.2 Å². The highest BCUT2D eigenvalue weighted by atomic mass is 32.1. The largest absolute Gasteiger partial charge is 0.341 e. The lowest BCUT2D eigenvalue weighted by molar-refractivity contribution is -0.129. The van der Waals surface area contributed by atoms with Crippen LogP contribution in [0.15, 0.2) is 41.8 Å². The molecule has 196 valence electrons. The molecule has 3 aromatic rings. The van der Waals surface area contributed by atoms with Crippen molar-refractivity contribution < 1.29 is 14.4 Å².